The summed E-state index contributed by atoms with van der Waals surface area (Å²) >= 11 is 3.23. The van der Waals surface area contributed by atoms with E-state index < -0.39 is 10.0 Å². The molecule has 0 unspecified atom stereocenters. The van der Waals surface area contributed by atoms with Crippen LogP contribution in [0.3, 0.4) is 0 Å². The van der Waals surface area contributed by atoms with Gasteiger partial charge in [-0.2, -0.15) is 4.31 Å². The molecule has 0 amide bonds. The number of rotatable bonds is 4. The van der Waals surface area contributed by atoms with Crippen LogP contribution < -0.4 is 0 Å². The van der Waals surface area contributed by atoms with E-state index in [0.29, 0.717) is 15.7 Å². The SMILES string of the molecule is Cc1noc(C)c1S(=O)(=O)N(C)Cc1ccc(F)cc1Br. The number of hydrogen-bond acceptors (Lipinski definition) is 4. The number of hydrogen-bond donors (Lipinski definition) is 0. The van der Waals surface area contributed by atoms with Crippen LogP contribution in [-0.2, 0) is 16.6 Å². The highest BCUT2D eigenvalue weighted by atomic mass is 79.9. The Morgan fingerprint density at radius 3 is 2.57 bits per heavy atom. The van der Waals surface area contributed by atoms with Crippen molar-refractivity contribution >= 4 is 26.0 Å². The molecule has 2 rings (SSSR count). The van der Waals surface area contributed by atoms with Crippen LogP contribution in [0, 0.1) is 19.7 Å². The highest BCUT2D eigenvalue weighted by Gasteiger charge is 2.28. The van der Waals surface area contributed by atoms with E-state index in [0.717, 1.165) is 0 Å². The first-order chi connectivity index (χ1) is 9.73. The molecule has 0 saturated carbocycles. The summed E-state index contributed by atoms with van der Waals surface area (Å²) in [6.45, 7) is 3.23. The Kier molecular flexibility index (Phi) is 4.50. The highest BCUT2D eigenvalue weighted by Crippen LogP contribution is 2.25. The van der Waals surface area contributed by atoms with Gasteiger partial charge in [0.25, 0.3) is 0 Å². The van der Waals surface area contributed by atoms with E-state index in [1.807, 2.05) is 0 Å². The summed E-state index contributed by atoms with van der Waals surface area (Å²) in [5.74, 6) is -0.139. The van der Waals surface area contributed by atoms with Gasteiger partial charge in [-0.25, -0.2) is 12.8 Å². The molecule has 0 atom stereocenters. The third kappa shape index (κ3) is 3.17. The van der Waals surface area contributed by atoms with Crippen LogP contribution in [-0.4, -0.2) is 24.9 Å². The smallest absolute Gasteiger partial charge is 0.248 e. The van der Waals surface area contributed by atoms with Crippen LogP contribution in [0.15, 0.2) is 32.1 Å². The van der Waals surface area contributed by atoms with E-state index in [1.165, 1.54) is 23.5 Å². The molecule has 1 aromatic heterocycles. The van der Waals surface area contributed by atoms with Gasteiger partial charge in [0.2, 0.25) is 10.0 Å². The Morgan fingerprint density at radius 2 is 2.05 bits per heavy atom. The first-order valence-corrected chi connectivity index (χ1v) is 8.30. The molecule has 1 aromatic carbocycles. The first kappa shape index (κ1) is 16.1. The van der Waals surface area contributed by atoms with E-state index in [2.05, 4.69) is 21.1 Å². The van der Waals surface area contributed by atoms with Crippen molar-refractivity contribution in [3.05, 3.63) is 45.5 Å². The van der Waals surface area contributed by atoms with Crippen molar-refractivity contribution in [2.75, 3.05) is 7.05 Å². The number of sulfonamides is 1. The fourth-order valence-electron chi connectivity index (χ4n) is 1.97. The van der Waals surface area contributed by atoms with Crippen molar-refractivity contribution in [1.29, 1.82) is 0 Å². The molecule has 0 aliphatic rings. The van der Waals surface area contributed by atoms with E-state index in [4.69, 9.17) is 4.52 Å². The summed E-state index contributed by atoms with van der Waals surface area (Å²) in [5.41, 5.74) is 0.978. The molecule has 1 heterocycles. The van der Waals surface area contributed by atoms with E-state index in [1.54, 1.807) is 19.9 Å². The number of aryl methyl sites for hydroxylation is 2. The maximum Gasteiger partial charge on any atom is 0.248 e. The van der Waals surface area contributed by atoms with Gasteiger partial charge in [0.15, 0.2) is 5.76 Å². The molecule has 5 nitrogen and oxygen atoms in total. The lowest BCUT2D eigenvalue weighted by Gasteiger charge is -2.17. The molecule has 2 aromatic rings. The van der Waals surface area contributed by atoms with Crippen LogP contribution in [0.5, 0.6) is 0 Å². The Balaban J connectivity index is 2.33. The van der Waals surface area contributed by atoms with Gasteiger partial charge in [-0.3, -0.25) is 0 Å². The van der Waals surface area contributed by atoms with E-state index >= 15 is 0 Å². The summed E-state index contributed by atoms with van der Waals surface area (Å²) in [6.07, 6.45) is 0. The van der Waals surface area contributed by atoms with Crippen LogP contribution in [0.25, 0.3) is 0 Å². The third-order valence-electron chi connectivity index (χ3n) is 3.04. The topological polar surface area (TPSA) is 63.4 Å². The molecule has 0 saturated heterocycles. The zero-order valence-corrected chi connectivity index (χ0v) is 14.1. The van der Waals surface area contributed by atoms with Crippen molar-refractivity contribution in [2.24, 2.45) is 0 Å². The van der Waals surface area contributed by atoms with Crippen molar-refractivity contribution in [3.8, 4) is 0 Å². The fourth-order valence-corrected chi connectivity index (χ4v) is 3.88. The number of nitrogens with zero attached hydrogens (tertiary/aromatic N) is 2. The molecule has 114 valence electrons. The number of benzene rings is 1. The highest BCUT2D eigenvalue weighted by molar-refractivity contribution is 9.10. The largest absolute Gasteiger partial charge is 0.360 e. The maximum atomic E-state index is 13.1. The molecular weight excluding hydrogens is 363 g/mol. The van der Waals surface area contributed by atoms with Crippen molar-refractivity contribution < 1.29 is 17.3 Å². The van der Waals surface area contributed by atoms with E-state index in [-0.39, 0.29) is 23.0 Å². The minimum absolute atomic E-state index is 0.0724. The zero-order chi connectivity index (χ0) is 15.8. The Morgan fingerprint density at radius 1 is 1.38 bits per heavy atom. The van der Waals surface area contributed by atoms with Gasteiger partial charge in [0.1, 0.15) is 16.4 Å². The average molecular weight is 377 g/mol. The van der Waals surface area contributed by atoms with Crippen molar-refractivity contribution in [1.82, 2.24) is 9.46 Å². The second kappa shape index (κ2) is 5.86. The van der Waals surface area contributed by atoms with Crippen LogP contribution in [0.2, 0.25) is 0 Å². The lowest BCUT2D eigenvalue weighted by molar-refractivity contribution is 0.389. The summed E-state index contributed by atoms with van der Waals surface area (Å²) < 4.78 is 44.8. The van der Waals surface area contributed by atoms with Gasteiger partial charge in [-0.15, -0.1) is 0 Å². The quantitative estimate of drug-likeness (QED) is 0.822. The summed E-state index contributed by atoms with van der Waals surface area (Å²) in [5, 5.41) is 3.66. The van der Waals surface area contributed by atoms with Gasteiger partial charge < -0.3 is 4.52 Å². The standard InChI is InChI=1S/C13H14BrFN2O3S/c1-8-13(9(2)20-16-8)21(18,19)17(3)7-10-4-5-11(15)6-12(10)14/h4-6H,7H2,1-3H3. The predicted molar refractivity (Wildman–Crippen MR) is 78.7 cm³/mol. The van der Waals surface area contributed by atoms with E-state index in [9.17, 15) is 12.8 Å². The normalized spacial score (nSPS) is 12.1. The summed E-state index contributed by atoms with van der Waals surface area (Å²) in [7, 11) is -2.26. The minimum Gasteiger partial charge on any atom is -0.360 e. The Labute approximate surface area is 130 Å². The second-order valence-corrected chi connectivity index (χ2v) is 7.49. The predicted octanol–water partition coefficient (Wildman–Crippen LogP) is 3.01. The molecule has 0 spiro atoms. The van der Waals surface area contributed by atoms with Crippen molar-refractivity contribution in [2.45, 2.75) is 25.3 Å². The molecule has 0 aliphatic heterocycles. The number of halogens is 2. The molecule has 21 heavy (non-hydrogen) atoms. The average Bonchev–Trinajstić information content (AvgIpc) is 2.72. The first-order valence-electron chi connectivity index (χ1n) is 6.06. The summed E-state index contributed by atoms with van der Waals surface area (Å²) in [4.78, 5) is 0.0724. The van der Waals surface area contributed by atoms with Crippen LogP contribution in [0.1, 0.15) is 17.0 Å². The Bertz CT molecular complexity index is 754. The third-order valence-corrected chi connectivity index (χ3v) is 5.83. The lowest BCUT2D eigenvalue weighted by atomic mass is 10.2. The molecule has 0 radical (unpaired) electrons. The van der Waals surface area contributed by atoms with Crippen LogP contribution in [0.4, 0.5) is 4.39 Å². The lowest BCUT2D eigenvalue weighted by Crippen LogP contribution is -2.27. The molecular formula is C13H14BrFN2O3S. The van der Waals surface area contributed by atoms with Gasteiger partial charge in [-0.1, -0.05) is 27.2 Å². The Hall–Kier alpha value is -1.25. The maximum absolute atomic E-state index is 13.1. The number of aromatic nitrogens is 1. The molecule has 0 fully saturated rings. The van der Waals surface area contributed by atoms with Crippen LogP contribution >= 0.6 is 15.9 Å². The zero-order valence-electron chi connectivity index (χ0n) is 11.7. The van der Waals surface area contributed by atoms with Gasteiger partial charge in [0, 0.05) is 18.1 Å². The molecule has 8 heteroatoms. The fraction of sp³-hybridized carbons (Fsp3) is 0.308. The minimum atomic E-state index is -3.72. The summed E-state index contributed by atoms with van der Waals surface area (Å²) in [6, 6.07) is 4.13. The van der Waals surface area contributed by atoms with Gasteiger partial charge in [-0.05, 0) is 31.5 Å². The van der Waals surface area contributed by atoms with Crippen molar-refractivity contribution in [3.63, 3.8) is 0 Å². The van der Waals surface area contributed by atoms with Gasteiger partial charge >= 0.3 is 0 Å². The molecule has 0 N–H and O–H groups in total. The molecule has 0 aliphatic carbocycles. The second-order valence-electron chi connectivity index (χ2n) is 4.65. The molecule has 0 bridgehead atoms. The monoisotopic (exact) mass is 376 g/mol. The van der Waals surface area contributed by atoms with Gasteiger partial charge in [0.05, 0.1) is 0 Å².